The molecule has 0 atom stereocenters. The Bertz CT molecular complexity index is 2250. The Hall–Kier alpha value is -5.71. The highest BCUT2D eigenvalue weighted by Crippen LogP contribution is 2.35. The van der Waals surface area contributed by atoms with Crippen LogP contribution in [0.3, 0.4) is 0 Å². The van der Waals surface area contributed by atoms with Crippen molar-refractivity contribution < 1.29 is 0 Å². The van der Waals surface area contributed by atoms with Crippen molar-refractivity contribution in [3.05, 3.63) is 152 Å². The van der Waals surface area contributed by atoms with Gasteiger partial charge in [0.2, 0.25) is 0 Å². The van der Waals surface area contributed by atoms with E-state index < -0.39 is 7.92 Å². The van der Waals surface area contributed by atoms with Gasteiger partial charge in [-0.15, -0.1) is 0 Å². The fourth-order valence-corrected chi connectivity index (χ4v) is 8.42. The van der Waals surface area contributed by atoms with Gasteiger partial charge in [-0.05, 0) is 29.6 Å². The minimum Gasteiger partial charge on any atom is -0.292 e. The predicted molar refractivity (Wildman–Crippen MR) is 185 cm³/mol. The molecule has 7 heteroatoms. The SMILES string of the molecule is c1ccc(P(c2cncc(-n3c4ccccc4c4ccccc43)n2)c2cncc(-n3c4ccccc4c4ccccc43)n2)cc1. The van der Waals surface area contributed by atoms with Crippen LogP contribution >= 0.6 is 7.92 Å². The van der Waals surface area contributed by atoms with Gasteiger partial charge in [0.05, 0.1) is 57.7 Å². The zero-order chi connectivity index (χ0) is 29.7. The minimum atomic E-state index is -1.18. The topological polar surface area (TPSA) is 61.4 Å². The Morgan fingerprint density at radius 2 is 0.733 bits per heavy atom. The molecule has 0 aliphatic heterocycles. The van der Waals surface area contributed by atoms with Crippen LogP contribution in [-0.4, -0.2) is 29.1 Å². The van der Waals surface area contributed by atoms with E-state index in [0.717, 1.165) is 49.9 Å². The second-order valence-corrected chi connectivity index (χ2v) is 13.0. The summed E-state index contributed by atoms with van der Waals surface area (Å²) >= 11 is 0. The molecule has 0 saturated heterocycles. The lowest BCUT2D eigenvalue weighted by Crippen LogP contribution is -2.27. The van der Waals surface area contributed by atoms with Crippen LogP contribution in [-0.2, 0) is 0 Å². The number of rotatable bonds is 5. The third-order valence-electron chi connectivity index (χ3n) is 8.31. The maximum absolute atomic E-state index is 5.32. The number of aromatic nitrogens is 6. The highest BCUT2D eigenvalue weighted by molar-refractivity contribution is 7.79. The highest BCUT2D eigenvalue weighted by Gasteiger charge is 2.23. The van der Waals surface area contributed by atoms with E-state index in [-0.39, 0.29) is 0 Å². The largest absolute Gasteiger partial charge is 0.292 e. The van der Waals surface area contributed by atoms with Gasteiger partial charge in [0, 0.05) is 29.5 Å². The van der Waals surface area contributed by atoms with Crippen LogP contribution in [0.15, 0.2) is 152 Å². The van der Waals surface area contributed by atoms with E-state index in [4.69, 9.17) is 19.9 Å². The number of hydrogen-bond donors (Lipinski definition) is 0. The van der Waals surface area contributed by atoms with Gasteiger partial charge in [-0.1, -0.05) is 103 Å². The van der Waals surface area contributed by atoms with Crippen LogP contribution in [0.2, 0.25) is 0 Å². The van der Waals surface area contributed by atoms with Crippen LogP contribution < -0.4 is 16.2 Å². The van der Waals surface area contributed by atoms with Crippen LogP contribution in [0.25, 0.3) is 55.2 Å². The van der Waals surface area contributed by atoms with Crippen LogP contribution in [0.1, 0.15) is 0 Å². The summed E-state index contributed by atoms with van der Waals surface area (Å²) in [6, 6.07) is 44.3. The van der Waals surface area contributed by atoms with E-state index in [9.17, 15) is 0 Å². The van der Waals surface area contributed by atoms with Crippen molar-refractivity contribution in [2.45, 2.75) is 0 Å². The van der Waals surface area contributed by atoms with Crippen LogP contribution in [0.5, 0.6) is 0 Å². The lowest BCUT2D eigenvalue weighted by Gasteiger charge is -2.18. The molecule has 6 nitrogen and oxygen atoms in total. The van der Waals surface area contributed by atoms with E-state index in [1.54, 1.807) is 0 Å². The van der Waals surface area contributed by atoms with Gasteiger partial charge in [0.15, 0.2) is 11.6 Å². The second-order valence-electron chi connectivity index (χ2n) is 10.9. The van der Waals surface area contributed by atoms with Gasteiger partial charge in [-0.2, -0.15) is 0 Å². The molecular weight excluding hydrogens is 571 g/mol. The molecule has 4 heterocycles. The molecule has 212 valence electrons. The molecule has 4 aromatic heterocycles. The number of para-hydroxylation sites is 4. The van der Waals surface area contributed by atoms with Crippen molar-refractivity contribution in [3.8, 4) is 11.6 Å². The fraction of sp³-hybridized carbons (Fsp3) is 0. The van der Waals surface area contributed by atoms with Gasteiger partial charge < -0.3 is 0 Å². The quantitative estimate of drug-likeness (QED) is 0.197. The first-order valence-corrected chi connectivity index (χ1v) is 16.2. The summed E-state index contributed by atoms with van der Waals surface area (Å²) in [7, 11) is -1.18. The summed E-state index contributed by atoms with van der Waals surface area (Å²) in [5.41, 5.74) is 6.13. The summed E-state index contributed by atoms with van der Waals surface area (Å²) in [6.07, 6.45) is 7.46. The lowest BCUT2D eigenvalue weighted by atomic mass is 10.2. The molecule has 0 saturated carbocycles. The van der Waals surface area contributed by atoms with Crippen molar-refractivity contribution in [1.29, 1.82) is 0 Å². The molecule has 0 bridgehead atoms. The third-order valence-corrected chi connectivity index (χ3v) is 10.5. The van der Waals surface area contributed by atoms with E-state index in [2.05, 4.69) is 130 Å². The zero-order valence-electron chi connectivity index (χ0n) is 24.1. The lowest BCUT2D eigenvalue weighted by molar-refractivity contribution is 1.05. The molecule has 0 amide bonds. The molecule has 0 aliphatic rings. The molecule has 0 unspecified atom stereocenters. The van der Waals surface area contributed by atoms with Crippen molar-refractivity contribution in [2.24, 2.45) is 0 Å². The first kappa shape index (κ1) is 25.8. The molecular formula is C38H25N6P. The van der Waals surface area contributed by atoms with Gasteiger partial charge in [-0.25, -0.2) is 9.97 Å². The third kappa shape index (κ3) is 4.15. The van der Waals surface area contributed by atoms with Crippen molar-refractivity contribution in [3.63, 3.8) is 0 Å². The van der Waals surface area contributed by atoms with Crippen LogP contribution in [0.4, 0.5) is 0 Å². The Kier molecular flexibility index (Phi) is 6.00. The Morgan fingerprint density at radius 3 is 1.13 bits per heavy atom. The standard InChI is InChI=1S/C38H25N6P/c1-2-12-26(13-3-1)45(37-24-39-22-35(41-37)43-31-18-8-4-14-27(31)28-15-5-9-19-32(28)43)38-25-40-23-36(42-38)44-33-20-10-6-16-29(33)30-17-7-11-21-34(30)44/h1-25H. The van der Waals surface area contributed by atoms with Gasteiger partial charge in [-0.3, -0.25) is 19.1 Å². The Morgan fingerprint density at radius 1 is 0.378 bits per heavy atom. The van der Waals surface area contributed by atoms with Crippen molar-refractivity contribution >= 4 is 67.7 Å². The summed E-state index contributed by atoms with van der Waals surface area (Å²) in [5, 5.41) is 5.89. The fourth-order valence-electron chi connectivity index (χ4n) is 6.42. The Labute approximate surface area is 260 Å². The highest BCUT2D eigenvalue weighted by atomic mass is 31.1. The predicted octanol–water partition coefficient (Wildman–Crippen LogP) is 7.22. The maximum atomic E-state index is 5.32. The zero-order valence-corrected chi connectivity index (χ0v) is 25.0. The molecule has 0 spiro atoms. The summed E-state index contributed by atoms with van der Waals surface area (Å²) < 4.78 is 4.42. The molecule has 0 fully saturated rings. The molecule has 45 heavy (non-hydrogen) atoms. The first-order chi connectivity index (χ1) is 22.3. The van der Waals surface area contributed by atoms with E-state index in [0.29, 0.717) is 0 Å². The number of hydrogen-bond acceptors (Lipinski definition) is 4. The average molecular weight is 597 g/mol. The molecule has 0 aliphatic carbocycles. The van der Waals surface area contributed by atoms with Crippen LogP contribution in [0, 0.1) is 0 Å². The maximum Gasteiger partial charge on any atom is 0.156 e. The molecule has 9 aromatic rings. The van der Waals surface area contributed by atoms with Crippen molar-refractivity contribution in [2.75, 3.05) is 0 Å². The first-order valence-electron chi connectivity index (χ1n) is 14.8. The summed E-state index contributed by atoms with van der Waals surface area (Å²) in [5.74, 6) is 1.56. The number of benzene rings is 5. The van der Waals surface area contributed by atoms with Gasteiger partial charge in [0.25, 0.3) is 0 Å². The van der Waals surface area contributed by atoms with Crippen molar-refractivity contribution in [1.82, 2.24) is 29.1 Å². The molecule has 0 N–H and O–H groups in total. The monoisotopic (exact) mass is 596 g/mol. The van der Waals surface area contributed by atoms with E-state index >= 15 is 0 Å². The second kappa shape index (κ2) is 10.5. The number of nitrogens with zero attached hydrogens (tertiary/aromatic N) is 6. The smallest absolute Gasteiger partial charge is 0.156 e. The normalized spacial score (nSPS) is 11.8. The van der Waals surface area contributed by atoms with Gasteiger partial charge in [0.1, 0.15) is 0 Å². The average Bonchev–Trinajstić information content (AvgIpc) is 3.62. The van der Waals surface area contributed by atoms with E-state index in [1.807, 2.05) is 30.9 Å². The van der Waals surface area contributed by atoms with E-state index in [1.165, 1.54) is 21.5 Å². The summed E-state index contributed by atoms with van der Waals surface area (Å²) in [4.78, 5) is 20.2. The summed E-state index contributed by atoms with van der Waals surface area (Å²) in [6.45, 7) is 0. The van der Waals surface area contributed by atoms with Gasteiger partial charge >= 0.3 is 0 Å². The molecule has 5 aromatic carbocycles. The molecule has 0 radical (unpaired) electrons. The Balaban J connectivity index is 1.25. The molecule has 9 rings (SSSR count). The number of fused-ring (bicyclic) bond motifs is 6. The minimum absolute atomic E-state index is 0.778.